The fraction of sp³-hybridized carbons (Fsp3) is 0.818. The third kappa shape index (κ3) is 2.10. The smallest absolute Gasteiger partial charge is 0.112 e. The Labute approximate surface area is 86.5 Å². The largest absolute Gasteiger partial charge is 0.496 e. The predicted molar refractivity (Wildman–Crippen MR) is 57.2 cm³/mol. The van der Waals surface area contributed by atoms with Gasteiger partial charge in [-0.25, -0.2) is 0 Å². The molecule has 0 aliphatic carbocycles. The molecular formula is C11H21NO2. The molecule has 0 spiro atoms. The van der Waals surface area contributed by atoms with Crippen molar-refractivity contribution in [2.24, 2.45) is 0 Å². The number of hydrogen-bond acceptors (Lipinski definition) is 3. The van der Waals surface area contributed by atoms with E-state index in [2.05, 4.69) is 25.2 Å². The van der Waals surface area contributed by atoms with Gasteiger partial charge in [-0.3, -0.25) is 0 Å². The Morgan fingerprint density at radius 3 is 2.79 bits per heavy atom. The average molecular weight is 199 g/mol. The van der Waals surface area contributed by atoms with Crippen LogP contribution in [-0.4, -0.2) is 32.4 Å². The molecule has 3 heteroatoms. The van der Waals surface area contributed by atoms with Gasteiger partial charge >= 0.3 is 0 Å². The summed E-state index contributed by atoms with van der Waals surface area (Å²) in [6, 6.07) is 0.153. The summed E-state index contributed by atoms with van der Waals surface area (Å²) >= 11 is 0. The maximum atomic E-state index is 5.57. The zero-order valence-corrected chi connectivity index (χ0v) is 9.59. The van der Waals surface area contributed by atoms with Gasteiger partial charge in [0, 0.05) is 13.5 Å². The minimum absolute atomic E-state index is 0.153. The van der Waals surface area contributed by atoms with E-state index in [0.717, 1.165) is 25.2 Å². The standard InChI is InChI=1S/C11H21NO2/c1-5-11(2,13-4)10(12-3)9-7-6-8-14-9/h7,10,12H,5-6,8H2,1-4H3. The number of hydrogen-bond donors (Lipinski definition) is 1. The molecule has 0 aromatic heterocycles. The zero-order chi connectivity index (χ0) is 10.6. The monoisotopic (exact) mass is 199 g/mol. The summed E-state index contributed by atoms with van der Waals surface area (Å²) in [6.45, 7) is 5.04. The second-order valence-electron chi connectivity index (χ2n) is 3.84. The third-order valence-electron chi connectivity index (χ3n) is 3.08. The second kappa shape index (κ2) is 4.80. The first-order valence-corrected chi connectivity index (χ1v) is 5.23. The molecule has 82 valence electrons. The topological polar surface area (TPSA) is 30.5 Å². The molecule has 0 bridgehead atoms. The van der Waals surface area contributed by atoms with Crippen molar-refractivity contribution in [2.45, 2.75) is 38.3 Å². The van der Waals surface area contributed by atoms with Crippen LogP contribution in [0.3, 0.4) is 0 Å². The van der Waals surface area contributed by atoms with Crippen LogP contribution in [0.2, 0.25) is 0 Å². The van der Waals surface area contributed by atoms with E-state index >= 15 is 0 Å². The van der Waals surface area contributed by atoms with Crippen LogP contribution in [0.5, 0.6) is 0 Å². The third-order valence-corrected chi connectivity index (χ3v) is 3.08. The molecule has 0 radical (unpaired) electrons. The number of likely N-dealkylation sites (N-methyl/N-ethyl adjacent to an activating group) is 1. The lowest BCUT2D eigenvalue weighted by Crippen LogP contribution is -2.49. The van der Waals surface area contributed by atoms with Crippen LogP contribution in [-0.2, 0) is 9.47 Å². The highest BCUT2D eigenvalue weighted by Gasteiger charge is 2.36. The van der Waals surface area contributed by atoms with Gasteiger partial charge in [0.25, 0.3) is 0 Å². The van der Waals surface area contributed by atoms with E-state index < -0.39 is 0 Å². The van der Waals surface area contributed by atoms with Gasteiger partial charge in [0.15, 0.2) is 0 Å². The first kappa shape index (κ1) is 11.5. The lowest BCUT2D eigenvalue weighted by atomic mass is 9.91. The summed E-state index contributed by atoms with van der Waals surface area (Å²) < 4.78 is 11.1. The van der Waals surface area contributed by atoms with Crippen LogP contribution >= 0.6 is 0 Å². The Morgan fingerprint density at radius 1 is 1.71 bits per heavy atom. The van der Waals surface area contributed by atoms with E-state index in [1.165, 1.54) is 0 Å². The highest BCUT2D eigenvalue weighted by molar-refractivity contribution is 5.13. The molecule has 14 heavy (non-hydrogen) atoms. The Kier molecular flexibility index (Phi) is 3.96. The van der Waals surface area contributed by atoms with Crippen molar-refractivity contribution < 1.29 is 9.47 Å². The van der Waals surface area contributed by atoms with Crippen LogP contribution in [0, 0.1) is 0 Å². The summed E-state index contributed by atoms with van der Waals surface area (Å²) in [6.07, 6.45) is 4.11. The molecule has 3 nitrogen and oxygen atoms in total. The van der Waals surface area contributed by atoms with Crippen LogP contribution in [0.1, 0.15) is 26.7 Å². The molecule has 0 saturated carbocycles. The van der Waals surface area contributed by atoms with Crippen LogP contribution in [0.4, 0.5) is 0 Å². The van der Waals surface area contributed by atoms with Gasteiger partial charge in [0.1, 0.15) is 5.76 Å². The molecule has 0 aromatic carbocycles. The van der Waals surface area contributed by atoms with Gasteiger partial charge in [-0.15, -0.1) is 0 Å². The van der Waals surface area contributed by atoms with Crippen molar-refractivity contribution >= 4 is 0 Å². The second-order valence-corrected chi connectivity index (χ2v) is 3.84. The Morgan fingerprint density at radius 2 is 2.43 bits per heavy atom. The Hall–Kier alpha value is -0.540. The minimum Gasteiger partial charge on any atom is -0.496 e. The molecule has 2 atom stereocenters. The summed E-state index contributed by atoms with van der Waals surface area (Å²) in [5.41, 5.74) is -0.190. The highest BCUT2D eigenvalue weighted by Crippen LogP contribution is 2.27. The normalized spacial score (nSPS) is 22.4. The van der Waals surface area contributed by atoms with Crippen molar-refractivity contribution in [3.8, 4) is 0 Å². The number of ether oxygens (including phenoxy) is 2. The number of methoxy groups -OCH3 is 1. The SMILES string of the molecule is CCC(C)(OC)C(NC)C1=CCCO1. The molecule has 0 aromatic rings. The molecule has 1 heterocycles. The molecule has 0 amide bonds. The average Bonchev–Trinajstić information content (AvgIpc) is 2.72. The van der Waals surface area contributed by atoms with Crippen LogP contribution in [0.25, 0.3) is 0 Å². The summed E-state index contributed by atoms with van der Waals surface area (Å²) in [7, 11) is 3.70. The number of rotatable bonds is 5. The van der Waals surface area contributed by atoms with Gasteiger partial charge in [-0.05, 0) is 26.5 Å². The summed E-state index contributed by atoms with van der Waals surface area (Å²) in [4.78, 5) is 0. The fourth-order valence-corrected chi connectivity index (χ4v) is 1.85. The van der Waals surface area contributed by atoms with Crippen LogP contribution in [0.15, 0.2) is 11.8 Å². The van der Waals surface area contributed by atoms with Crippen molar-refractivity contribution in [1.82, 2.24) is 5.32 Å². The van der Waals surface area contributed by atoms with Gasteiger partial charge in [0.05, 0.1) is 18.2 Å². The summed E-state index contributed by atoms with van der Waals surface area (Å²) in [5.74, 6) is 1.03. The predicted octanol–water partition coefficient (Wildman–Crippen LogP) is 1.69. The summed E-state index contributed by atoms with van der Waals surface area (Å²) in [5, 5.41) is 3.27. The fourth-order valence-electron chi connectivity index (χ4n) is 1.85. The van der Waals surface area contributed by atoms with Gasteiger partial charge in [-0.2, -0.15) is 0 Å². The minimum atomic E-state index is -0.190. The van der Waals surface area contributed by atoms with E-state index in [9.17, 15) is 0 Å². The highest BCUT2D eigenvalue weighted by atomic mass is 16.5. The van der Waals surface area contributed by atoms with Gasteiger partial charge in [-0.1, -0.05) is 6.92 Å². The number of nitrogens with one attached hydrogen (secondary N) is 1. The molecule has 1 N–H and O–H groups in total. The van der Waals surface area contributed by atoms with Crippen LogP contribution < -0.4 is 5.32 Å². The zero-order valence-electron chi connectivity index (χ0n) is 9.59. The maximum absolute atomic E-state index is 5.57. The Bertz CT molecular complexity index is 209. The molecule has 1 rings (SSSR count). The van der Waals surface area contributed by atoms with Crippen molar-refractivity contribution in [2.75, 3.05) is 20.8 Å². The van der Waals surface area contributed by atoms with E-state index in [1.54, 1.807) is 7.11 Å². The van der Waals surface area contributed by atoms with E-state index in [1.807, 2.05) is 7.05 Å². The molecule has 1 aliphatic rings. The van der Waals surface area contributed by atoms with Crippen molar-refractivity contribution in [1.29, 1.82) is 0 Å². The molecule has 2 unspecified atom stereocenters. The lowest BCUT2D eigenvalue weighted by Gasteiger charge is -2.35. The van der Waals surface area contributed by atoms with Gasteiger partial charge < -0.3 is 14.8 Å². The van der Waals surface area contributed by atoms with E-state index in [0.29, 0.717) is 0 Å². The molecule has 0 saturated heterocycles. The first-order chi connectivity index (χ1) is 6.68. The quantitative estimate of drug-likeness (QED) is 0.731. The molecular weight excluding hydrogens is 178 g/mol. The molecule has 1 aliphatic heterocycles. The van der Waals surface area contributed by atoms with Crippen molar-refractivity contribution in [3.63, 3.8) is 0 Å². The van der Waals surface area contributed by atoms with Gasteiger partial charge in [0.2, 0.25) is 0 Å². The van der Waals surface area contributed by atoms with E-state index in [-0.39, 0.29) is 11.6 Å². The maximum Gasteiger partial charge on any atom is 0.112 e. The Balaban J connectivity index is 2.78. The van der Waals surface area contributed by atoms with E-state index in [4.69, 9.17) is 9.47 Å². The van der Waals surface area contributed by atoms with Crippen molar-refractivity contribution in [3.05, 3.63) is 11.8 Å². The lowest BCUT2D eigenvalue weighted by molar-refractivity contribution is -0.0297. The molecule has 0 fully saturated rings. The first-order valence-electron chi connectivity index (χ1n) is 5.23.